The lowest BCUT2D eigenvalue weighted by atomic mass is 10.00. The van der Waals surface area contributed by atoms with E-state index in [4.69, 9.17) is 5.84 Å². The highest BCUT2D eigenvalue weighted by molar-refractivity contribution is 5.79. The summed E-state index contributed by atoms with van der Waals surface area (Å²) in [6.07, 6.45) is 2.48. The van der Waals surface area contributed by atoms with Gasteiger partial charge >= 0.3 is 0 Å². The SMILES string of the molecule is CCN=C(NN)N1CCC(C)CC1. The molecular weight excluding hydrogens is 164 g/mol. The molecule has 76 valence electrons. The predicted octanol–water partition coefficient (Wildman–Crippen LogP) is 0.558. The van der Waals surface area contributed by atoms with Gasteiger partial charge in [-0.25, -0.2) is 5.84 Å². The molecule has 0 saturated carbocycles. The monoisotopic (exact) mass is 184 g/mol. The smallest absolute Gasteiger partial charge is 0.208 e. The number of hydrogen-bond donors (Lipinski definition) is 2. The van der Waals surface area contributed by atoms with E-state index in [0.29, 0.717) is 0 Å². The highest BCUT2D eigenvalue weighted by Crippen LogP contribution is 2.15. The topological polar surface area (TPSA) is 53.6 Å². The van der Waals surface area contributed by atoms with E-state index in [-0.39, 0.29) is 0 Å². The molecule has 13 heavy (non-hydrogen) atoms. The van der Waals surface area contributed by atoms with Gasteiger partial charge in [-0.15, -0.1) is 0 Å². The first kappa shape index (κ1) is 10.3. The van der Waals surface area contributed by atoms with E-state index in [1.165, 1.54) is 12.8 Å². The molecule has 0 aliphatic carbocycles. The number of likely N-dealkylation sites (tertiary alicyclic amines) is 1. The number of aliphatic imine (C=N–C) groups is 1. The van der Waals surface area contributed by atoms with Gasteiger partial charge in [0.1, 0.15) is 0 Å². The van der Waals surface area contributed by atoms with Crippen LogP contribution in [0.1, 0.15) is 26.7 Å². The number of hydrazine groups is 1. The molecule has 0 spiro atoms. The molecule has 0 aromatic heterocycles. The Bertz CT molecular complexity index is 170. The number of guanidine groups is 1. The number of hydrogen-bond acceptors (Lipinski definition) is 2. The van der Waals surface area contributed by atoms with Gasteiger partial charge in [0.25, 0.3) is 0 Å². The van der Waals surface area contributed by atoms with E-state index >= 15 is 0 Å². The van der Waals surface area contributed by atoms with Crippen LogP contribution in [0.4, 0.5) is 0 Å². The average Bonchev–Trinajstić information content (AvgIpc) is 2.16. The van der Waals surface area contributed by atoms with E-state index in [1.807, 2.05) is 6.92 Å². The zero-order valence-corrected chi connectivity index (χ0v) is 8.58. The van der Waals surface area contributed by atoms with Gasteiger partial charge in [0.15, 0.2) is 0 Å². The summed E-state index contributed by atoms with van der Waals surface area (Å²) in [7, 11) is 0. The number of nitrogens with one attached hydrogen (secondary N) is 1. The average molecular weight is 184 g/mol. The van der Waals surface area contributed by atoms with Crippen molar-refractivity contribution in [2.45, 2.75) is 26.7 Å². The Morgan fingerprint density at radius 2 is 2.15 bits per heavy atom. The normalized spacial score (nSPS) is 20.5. The molecule has 1 rings (SSSR count). The van der Waals surface area contributed by atoms with E-state index < -0.39 is 0 Å². The van der Waals surface area contributed by atoms with Crippen molar-refractivity contribution in [2.75, 3.05) is 19.6 Å². The Morgan fingerprint density at radius 3 is 2.62 bits per heavy atom. The molecule has 1 saturated heterocycles. The molecule has 3 N–H and O–H groups in total. The minimum atomic E-state index is 0.783. The first-order valence-corrected chi connectivity index (χ1v) is 5.04. The fraction of sp³-hybridized carbons (Fsp3) is 0.889. The van der Waals surface area contributed by atoms with Crippen LogP contribution in [0.5, 0.6) is 0 Å². The van der Waals surface area contributed by atoms with Crippen LogP contribution in [-0.2, 0) is 0 Å². The van der Waals surface area contributed by atoms with Crippen molar-refractivity contribution in [3.63, 3.8) is 0 Å². The minimum absolute atomic E-state index is 0.783. The van der Waals surface area contributed by atoms with Gasteiger partial charge < -0.3 is 4.90 Å². The molecule has 0 aromatic rings. The predicted molar refractivity (Wildman–Crippen MR) is 55.3 cm³/mol. The van der Waals surface area contributed by atoms with Gasteiger partial charge in [-0.05, 0) is 25.7 Å². The Kier molecular flexibility index (Phi) is 4.02. The maximum absolute atomic E-state index is 5.40. The quantitative estimate of drug-likeness (QED) is 0.271. The molecule has 0 amide bonds. The van der Waals surface area contributed by atoms with E-state index in [2.05, 4.69) is 22.2 Å². The molecule has 1 aliphatic heterocycles. The highest BCUT2D eigenvalue weighted by atomic mass is 15.4. The Labute approximate surface area is 80.2 Å². The number of rotatable bonds is 1. The van der Waals surface area contributed by atoms with Crippen LogP contribution in [0.3, 0.4) is 0 Å². The first-order chi connectivity index (χ1) is 6.27. The van der Waals surface area contributed by atoms with E-state index in [1.54, 1.807) is 0 Å². The molecule has 1 fully saturated rings. The van der Waals surface area contributed by atoms with Crippen molar-refractivity contribution in [1.82, 2.24) is 10.3 Å². The summed E-state index contributed by atoms with van der Waals surface area (Å²) >= 11 is 0. The second-order valence-electron chi connectivity index (χ2n) is 3.61. The first-order valence-electron chi connectivity index (χ1n) is 5.04. The van der Waals surface area contributed by atoms with Gasteiger partial charge in [0.2, 0.25) is 5.96 Å². The number of nitrogens with two attached hydrogens (primary N) is 1. The van der Waals surface area contributed by atoms with Crippen molar-refractivity contribution in [3.8, 4) is 0 Å². The largest absolute Gasteiger partial charge is 0.342 e. The summed E-state index contributed by atoms with van der Waals surface area (Å²) in [5, 5.41) is 0. The van der Waals surface area contributed by atoms with Crippen LogP contribution in [0.15, 0.2) is 4.99 Å². The third kappa shape index (κ3) is 2.88. The van der Waals surface area contributed by atoms with Crippen LogP contribution in [0.2, 0.25) is 0 Å². The molecule has 1 heterocycles. The summed E-state index contributed by atoms with van der Waals surface area (Å²) < 4.78 is 0. The fourth-order valence-electron chi connectivity index (χ4n) is 1.61. The van der Waals surface area contributed by atoms with Crippen molar-refractivity contribution in [1.29, 1.82) is 0 Å². The van der Waals surface area contributed by atoms with E-state index in [0.717, 1.165) is 31.5 Å². The standard InChI is InChI=1S/C9H20N4/c1-3-11-9(12-10)13-6-4-8(2)5-7-13/h8H,3-7,10H2,1-2H3,(H,11,12). The maximum Gasteiger partial charge on any atom is 0.208 e. The summed E-state index contributed by atoms with van der Waals surface area (Å²) in [4.78, 5) is 6.52. The summed E-state index contributed by atoms with van der Waals surface area (Å²) in [6, 6.07) is 0. The second-order valence-corrected chi connectivity index (χ2v) is 3.61. The highest BCUT2D eigenvalue weighted by Gasteiger charge is 2.17. The lowest BCUT2D eigenvalue weighted by Crippen LogP contribution is -2.48. The van der Waals surface area contributed by atoms with Gasteiger partial charge in [0.05, 0.1) is 0 Å². The lowest BCUT2D eigenvalue weighted by molar-refractivity contribution is 0.273. The van der Waals surface area contributed by atoms with Crippen molar-refractivity contribution >= 4 is 5.96 Å². The van der Waals surface area contributed by atoms with Crippen LogP contribution in [0, 0.1) is 5.92 Å². The van der Waals surface area contributed by atoms with Crippen LogP contribution in [0.25, 0.3) is 0 Å². The molecular formula is C9H20N4. The van der Waals surface area contributed by atoms with Gasteiger partial charge in [0, 0.05) is 19.6 Å². The van der Waals surface area contributed by atoms with Gasteiger partial charge in [-0.3, -0.25) is 10.4 Å². The van der Waals surface area contributed by atoms with Crippen molar-refractivity contribution in [3.05, 3.63) is 0 Å². The number of nitrogens with zero attached hydrogens (tertiary/aromatic N) is 2. The molecule has 4 nitrogen and oxygen atoms in total. The summed E-state index contributed by atoms with van der Waals surface area (Å²) in [6.45, 7) is 7.24. The van der Waals surface area contributed by atoms with E-state index in [9.17, 15) is 0 Å². The summed E-state index contributed by atoms with van der Waals surface area (Å²) in [5.41, 5.74) is 2.66. The third-order valence-electron chi connectivity index (χ3n) is 2.52. The zero-order chi connectivity index (χ0) is 9.68. The molecule has 0 bridgehead atoms. The molecule has 0 atom stereocenters. The Hall–Kier alpha value is -0.770. The van der Waals surface area contributed by atoms with Crippen LogP contribution >= 0.6 is 0 Å². The Balaban J connectivity index is 2.46. The molecule has 0 unspecified atom stereocenters. The van der Waals surface area contributed by atoms with Crippen LogP contribution < -0.4 is 11.3 Å². The fourth-order valence-corrected chi connectivity index (χ4v) is 1.61. The zero-order valence-electron chi connectivity index (χ0n) is 8.58. The third-order valence-corrected chi connectivity index (χ3v) is 2.52. The molecule has 0 aromatic carbocycles. The second kappa shape index (κ2) is 5.07. The molecule has 1 aliphatic rings. The van der Waals surface area contributed by atoms with Crippen LogP contribution in [-0.4, -0.2) is 30.5 Å². The minimum Gasteiger partial charge on any atom is -0.342 e. The molecule has 0 radical (unpaired) electrons. The van der Waals surface area contributed by atoms with Gasteiger partial charge in [-0.2, -0.15) is 0 Å². The van der Waals surface area contributed by atoms with Gasteiger partial charge in [-0.1, -0.05) is 6.92 Å². The molecule has 4 heteroatoms. The summed E-state index contributed by atoms with van der Waals surface area (Å²) in [5.74, 6) is 7.09. The Morgan fingerprint density at radius 1 is 1.54 bits per heavy atom. The lowest BCUT2D eigenvalue weighted by Gasteiger charge is -2.32. The maximum atomic E-state index is 5.40. The van der Waals surface area contributed by atoms with Crippen molar-refractivity contribution < 1.29 is 0 Å². The number of piperidine rings is 1. The van der Waals surface area contributed by atoms with Crippen molar-refractivity contribution in [2.24, 2.45) is 16.8 Å².